The molecule has 2 unspecified atom stereocenters. The van der Waals surface area contributed by atoms with E-state index in [2.05, 4.69) is 73.8 Å². The third-order valence-electron chi connectivity index (χ3n) is 13.9. The molecule has 10 rings (SSSR count). The Kier molecular flexibility index (Phi) is 18.3. The Balaban J connectivity index is 0.000000172. The molecule has 6 heterocycles. The van der Waals surface area contributed by atoms with Crippen LogP contribution in [0.5, 0.6) is 0 Å². The number of aryl methyl sites for hydroxylation is 4. The van der Waals surface area contributed by atoms with E-state index in [1.54, 1.807) is 35.7 Å². The van der Waals surface area contributed by atoms with Crippen molar-refractivity contribution >= 4 is 40.7 Å². The van der Waals surface area contributed by atoms with Gasteiger partial charge in [0.25, 0.3) is 0 Å². The highest BCUT2D eigenvalue weighted by Crippen LogP contribution is 2.38. The zero-order chi connectivity index (χ0) is 51.4. The zero-order valence-corrected chi connectivity index (χ0v) is 44.2. The highest BCUT2D eigenvalue weighted by molar-refractivity contribution is 6.28. The maximum Gasteiger partial charge on any atom is 0.227 e. The maximum atomic E-state index is 13.0. The quantitative estimate of drug-likeness (QED) is 0.0779. The van der Waals surface area contributed by atoms with Crippen LogP contribution in [0.4, 0.5) is 17.3 Å². The molecule has 6 aromatic rings. The van der Waals surface area contributed by atoms with E-state index in [9.17, 15) is 9.59 Å². The first-order valence-corrected chi connectivity index (χ1v) is 26.7. The number of hydrogen-bond donors (Lipinski definition) is 2. The summed E-state index contributed by atoms with van der Waals surface area (Å²) < 4.78 is 15.3. The van der Waals surface area contributed by atoms with Gasteiger partial charge in [-0.25, -0.2) is 19.9 Å². The average molecular weight is 1010 g/mol. The second kappa shape index (κ2) is 25.1. The highest BCUT2D eigenvalue weighted by Gasteiger charge is 2.35. The number of nitrogens with one attached hydrogen (secondary N) is 1. The SMILES string of the molecule is CC(C)OC1CN(C(=O)CC2CCCCc3cc(-c4ccnc(Cl)n4)ccc32)C1.CCn1cc(N)cn1.CCn1cc(Nc2nccc(-c3ccc4c(c3)CCCCC4CC(=O)N3CC(OC(C)C)C3)n2)cn1. The Morgan fingerprint density at radius 1 is 0.685 bits per heavy atom. The Hall–Kier alpha value is -6.23. The van der Waals surface area contributed by atoms with E-state index in [1.165, 1.54) is 22.3 Å². The van der Waals surface area contributed by atoms with Crippen molar-refractivity contribution in [3.63, 3.8) is 0 Å². The summed E-state index contributed by atoms with van der Waals surface area (Å²) in [4.78, 5) is 47.1. The Morgan fingerprint density at radius 3 is 1.66 bits per heavy atom. The van der Waals surface area contributed by atoms with Crippen LogP contribution in [0.2, 0.25) is 5.28 Å². The first kappa shape index (κ1) is 53.1. The molecule has 73 heavy (non-hydrogen) atoms. The van der Waals surface area contributed by atoms with Crippen LogP contribution in [0.15, 0.2) is 85.7 Å². The number of fused-ring (bicyclic) bond motifs is 2. The number of likely N-dealkylation sites (tertiary alicyclic amines) is 2. The molecule has 0 radical (unpaired) electrons. The molecule has 2 aliphatic carbocycles. The molecule has 0 bridgehead atoms. The number of ether oxygens (including phenoxy) is 2. The smallest absolute Gasteiger partial charge is 0.227 e. The summed E-state index contributed by atoms with van der Waals surface area (Å²) in [6.45, 7) is 16.8. The summed E-state index contributed by atoms with van der Waals surface area (Å²) in [5.74, 6) is 1.60. The van der Waals surface area contributed by atoms with Crippen LogP contribution in [0.25, 0.3) is 22.5 Å². The fraction of sp³-hybridized carbons (Fsp3) is 0.500. The topological polar surface area (TPSA) is 184 Å². The Morgan fingerprint density at radius 2 is 1.19 bits per heavy atom. The van der Waals surface area contributed by atoms with Gasteiger partial charge in [0.2, 0.25) is 23.0 Å². The highest BCUT2D eigenvalue weighted by atomic mass is 35.5. The van der Waals surface area contributed by atoms with Crippen molar-refractivity contribution in [1.82, 2.24) is 49.3 Å². The third-order valence-corrected chi connectivity index (χ3v) is 14.1. The summed E-state index contributed by atoms with van der Waals surface area (Å²) in [7, 11) is 0. The minimum absolute atomic E-state index is 0.188. The van der Waals surface area contributed by atoms with Crippen molar-refractivity contribution in [2.45, 2.75) is 155 Å². The summed E-state index contributed by atoms with van der Waals surface area (Å²) in [6, 6.07) is 16.9. The molecular weight excluding hydrogens is 940 g/mol. The summed E-state index contributed by atoms with van der Waals surface area (Å²) in [5, 5.41) is 11.7. The summed E-state index contributed by atoms with van der Waals surface area (Å²) in [6.07, 6.45) is 21.4. The number of rotatable bonds is 14. The fourth-order valence-corrected chi connectivity index (χ4v) is 10.3. The van der Waals surface area contributed by atoms with Gasteiger partial charge in [0.1, 0.15) is 0 Å². The summed E-state index contributed by atoms with van der Waals surface area (Å²) >= 11 is 5.96. The number of benzene rings is 2. The van der Waals surface area contributed by atoms with Crippen LogP contribution in [-0.4, -0.2) is 112 Å². The van der Waals surface area contributed by atoms with Gasteiger partial charge in [-0.2, -0.15) is 10.2 Å². The molecule has 388 valence electrons. The summed E-state index contributed by atoms with van der Waals surface area (Å²) in [5.41, 5.74) is 16.1. The number of halogens is 1. The van der Waals surface area contributed by atoms with Crippen molar-refractivity contribution in [3.8, 4) is 22.5 Å². The molecule has 16 nitrogen and oxygen atoms in total. The van der Waals surface area contributed by atoms with Gasteiger partial charge < -0.3 is 30.3 Å². The van der Waals surface area contributed by atoms with Gasteiger partial charge in [0.15, 0.2) is 0 Å². The van der Waals surface area contributed by atoms with E-state index in [4.69, 9.17) is 31.8 Å². The lowest BCUT2D eigenvalue weighted by molar-refractivity contribution is -0.149. The third kappa shape index (κ3) is 14.5. The van der Waals surface area contributed by atoms with Crippen LogP contribution in [-0.2, 0) is 45.0 Å². The van der Waals surface area contributed by atoms with Gasteiger partial charge >= 0.3 is 0 Å². The first-order valence-electron chi connectivity index (χ1n) is 26.3. The molecule has 2 saturated heterocycles. The molecule has 3 N–H and O–H groups in total. The number of nitrogens with zero attached hydrogens (tertiary/aromatic N) is 10. The van der Waals surface area contributed by atoms with E-state index in [-0.39, 0.29) is 53.3 Å². The van der Waals surface area contributed by atoms with Crippen LogP contribution < -0.4 is 11.1 Å². The number of anilines is 3. The molecule has 0 spiro atoms. The van der Waals surface area contributed by atoms with Crippen LogP contribution >= 0.6 is 11.6 Å². The van der Waals surface area contributed by atoms with Gasteiger partial charge in [-0.3, -0.25) is 19.0 Å². The Labute approximate surface area is 435 Å². The fourth-order valence-electron chi connectivity index (χ4n) is 10.2. The van der Waals surface area contributed by atoms with Crippen molar-refractivity contribution in [2.24, 2.45) is 0 Å². The van der Waals surface area contributed by atoms with Gasteiger partial charge in [-0.05, 0) is 150 Å². The van der Waals surface area contributed by atoms with Gasteiger partial charge in [0.05, 0.1) is 59.6 Å². The number of nitrogens with two attached hydrogens (primary N) is 1. The lowest BCUT2D eigenvalue weighted by atomic mass is 9.88. The monoisotopic (exact) mass is 1010 g/mol. The van der Waals surface area contributed by atoms with E-state index in [0.717, 1.165) is 125 Å². The predicted molar refractivity (Wildman–Crippen MR) is 286 cm³/mol. The lowest BCUT2D eigenvalue weighted by Gasteiger charge is -2.40. The van der Waals surface area contributed by atoms with Crippen molar-refractivity contribution < 1.29 is 19.1 Å². The molecular formula is C56H73ClN12O4. The molecule has 2 aliphatic heterocycles. The maximum absolute atomic E-state index is 13.0. The minimum atomic E-state index is 0.188. The molecule has 2 amide bonds. The van der Waals surface area contributed by atoms with Gasteiger partial charge in [-0.15, -0.1) is 0 Å². The largest absolute Gasteiger partial charge is 0.396 e. The number of carbonyl (C=O) groups excluding carboxylic acids is 2. The first-order chi connectivity index (χ1) is 35.3. The van der Waals surface area contributed by atoms with Crippen molar-refractivity contribution in [1.29, 1.82) is 0 Å². The van der Waals surface area contributed by atoms with Crippen LogP contribution in [0.1, 0.15) is 127 Å². The molecule has 2 atom stereocenters. The number of aromatic nitrogens is 8. The van der Waals surface area contributed by atoms with E-state index >= 15 is 0 Å². The van der Waals surface area contributed by atoms with Gasteiger partial charge in [-0.1, -0.05) is 37.1 Å². The predicted octanol–water partition coefficient (Wildman–Crippen LogP) is 10.1. The zero-order valence-electron chi connectivity index (χ0n) is 43.4. The van der Waals surface area contributed by atoms with Crippen molar-refractivity contribution in [3.05, 3.63) is 113 Å². The number of amides is 2. The van der Waals surface area contributed by atoms with Gasteiger partial charge in [0, 0.05) is 88.0 Å². The van der Waals surface area contributed by atoms with E-state index in [1.807, 2.05) is 67.4 Å². The molecule has 4 aromatic heterocycles. The number of hydrogen-bond acceptors (Lipinski definition) is 12. The molecule has 2 aromatic carbocycles. The van der Waals surface area contributed by atoms with E-state index in [0.29, 0.717) is 18.8 Å². The van der Waals surface area contributed by atoms with Crippen LogP contribution in [0.3, 0.4) is 0 Å². The molecule has 2 fully saturated rings. The minimum Gasteiger partial charge on any atom is -0.396 e. The number of nitrogen functional groups attached to an aromatic ring is 1. The van der Waals surface area contributed by atoms with E-state index < -0.39 is 0 Å². The average Bonchev–Trinajstić information content (AvgIpc) is 3.89. The number of carbonyl (C=O) groups is 2. The normalized spacial score (nSPS) is 17.7. The Bertz CT molecular complexity index is 2760. The second-order valence-electron chi connectivity index (χ2n) is 20.1. The standard InChI is InChI=1S/C28H36N6O2.C23H28ClN3O2.C5H9N3/c1-4-34-16-23(15-30-34)31-28-29-12-11-26(32-28)22-9-10-25-20(13-22)7-5-6-8-21(25)14-27(35)33-17-24(18-33)36-19(2)3;1-15(2)29-19-13-27(14-19)22(28)12-17-6-4-3-5-16-11-18(7-8-20(16)17)21-9-10-25-23(24)26-21;1-2-8-4-5(6)3-7-8/h9-13,15-16,19,21,24H,4-8,14,17-18H2,1-3H3,(H,29,31,32);7-11,15,17,19H,3-6,12-14H2,1-2H3;3-4H,2,6H2,1H3. The molecule has 0 saturated carbocycles. The van der Waals surface area contributed by atoms with Crippen LogP contribution in [0, 0.1) is 0 Å². The lowest BCUT2D eigenvalue weighted by Crippen LogP contribution is -2.55. The molecule has 4 aliphatic rings. The second-order valence-corrected chi connectivity index (χ2v) is 20.5. The molecule has 17 heteroatoms. The van der Waals surface area contributed by atoms with Crippen molar-refractivity contribution in [2.75, 3.05) is 37.2 Å².